The molecule has 1 fully saturated rings. The van der Waals surface area contributed by atoms with E-state index in [1.54, 1.807) is 36.2 Å². The molecule has 152 valence electrons. The molecule has 6 nitrogen and oxygen atoms in total. The maximum absolute atomic E-state index is 12.4. The molecule has 2 N–H and O–H groups in total. The molecule has 0 aromatic heterocycles. The van der Waals surface area contributed by atoms with Gasteiger partial charge in [-0.2, -0.15) is 0 Å². The van der Waals surface area contributed by atoms with Crippen molar-refractivity contribution < 1.29 is 14.4 Å². The van der Waals surface area contributed by atoms with Gasteiger partial charge in [-0.1, -0.05) is 29.3 Å². The third-order valence-corrected chi connectivity index (χ3v) is 4.86. The van der Waals surface area contributed by atoms with Crippen LogP contribution in [-0.4, -0.2) is 42.3 Å². The number of aryl methyl sites for hydroxylation is 2. The first-order chi connectivity index (χ1) is 13.8. The molecule has 0 saturated heterocycles. The molecule has 3 amide bonds. The van der Waals surface area contributed by atoms with Gasteiger partial charge in [-0.15, -0.1) is 0 Å². The Bertz CT molecular complexity index is 897. The zero-order valence-corrected chi connectivity index (χ0v) is 17.1. The van der Waals surface area contributed by atoms with E-state index in [0.29, 0.717) is 23.7 Å². The summed E-state index contributed by atoms with van der Waals surface area (Å²) in [4.78, 5) is 38.2. The van der Waals surface area contributed by atoms with Crippen LogP contribution in [0.15, 0.2) is 42.5 Å². The summed E-state index contributed by atoms with van der Waals surface area (Å²) in [5.41, 5.74) is 4.11. The van der Waals surface area contributed by atoms with Gasteiger partial charge < -0.3 is 15.5 Å². The molecule has 1 aliphatic carbocycles. The second-order valence-corrected chi connectivity index (χ2v) is 7.75. The summed E-state index contributed by atoms with van der Waals surface area (Å²) < 4.78 is 0. The van der Waals surface area contributed by atoms with Crippen LogP contribution in [0.4, 0.5) is 0 Å². The lowest BCUT2D eigenvalue weighted by Gasteiger charge is -2.18. The molecule has 0 atom stereocenters. The molecule has 0 aliphatic heterocycles. The van der Waals surface area contributed by atoms with Crippen LogP contribution in [0, 0.1) is 13.8 Å². The molecule has 0 heterocycles. The summed E-state index contributed by atoms with van der Waals surface area (Å²) in [6.07, 6.45) is 2.10. The number of nitrogens with zero attached hydrogens (tertiary/aromatic N) is 1. The van der Waals surface area contributed by atoms with Crippen LogP contribution in [0.1, 0.15) is 50.2 Å². The molecule has 0 unspecified atom stereocenters. The number of rotatable bonds is 7. The summed E-state index contributed by atoms with van der Waals surface area (Å²) in [5, 5.41) is 5.64. The van der Waals surface area contributed by atoms with Crippen molar-refractivity contribution in [2.24, 2.45) is 0 Å². The van der Waals surface area contributed by atoms with Gasteiger partial charge in [0.1, 0.15) is 0 Å². The standard InChI is InChI=1S/C23H27N3O3/c1-15-10-16(2)12-19(11-15)22(28)24-13-21(27)26(3)14-17-4-6-18(7-5-17)23(29)25-20-8-9-20/h4-7,10-12,20H,8-9,13-14H2,1-3H3,(H,24,28)(H,25,29). The third-order valence-electron chi connectivity index (χ3n) is 4.86. The highest BCUT2D eigenvalue weighted by molar-refractivity contribution is 5.97. The van der Waals surface area contributed by atoms with E-state index in [1.165, 1.54) is 0 Å². The quantitative estimate of drug-likeness (QED) is 0.759. The fraction of sp³-hybridized carbons (Fsp3) is 0.348. The van der Waals surface area contributed by atoms with E-state index >= 15 is 0 Å². The summed E-state index contributed by atoms with van der Waals surface area (Å²) in [6.45, 7) is 4.21. The van der Waals surface area contributed by atoms with Gasteiger partial charge >= 0.3 is 0 Å². The molecule has 0 radical (unpaired) electrons. The Hall–Kier alpha value is -3.15. The smallest absolute Gasteiger partial charge is 0.251 e. The third kappa shape index (κ3) is 5.91. The second-order valence-electron chi connectivity index (χ2n) is 7.75. The second kappa shape index (κ2) is 8.90. The van der Waals surface area contributed by atoms with Gasteiger partial charge in [-0.3, -0.25) is 14.4 Å². The zero-order valence-electron chi connectivity index (χ0n) is 17.1. The molecule has 29 heavy (non-hydrogen) atoms. The number of benzene rings is 2. The van der Waals surface area contributed by atoms with Crippen molar-refractivity contribution in [3.8, 4) is 0 Å². The highest BCUT2D eigenvalue weighted by Gasteiger charge is 2.23. The van der Waals surface area contributed by atoms with Crippen molar-refractivity contribution in [1.29, 1.82) is 0 Å². The molecule has 2 aromatic rings. The van der Waals surface area contributed by atoms with Crippen molar-refractivity contribution in [2.75, 3.05) is 13.6 Å². The van der Waals surface area contributed by atoms with Crippen LogP contribution in [0.3, 0.4) is 0 Å². The fourth-order valence-electron chi connectivity index (χ4n) is 3.12. The Balaban J connectivity index is 1.49. The molecule has 0 spiro atoms. The Morgan fingerprint density at radius 3 is 2.14 bits per heavy atom. The van der Waals surface area contributed by atoms with Gasteiger partial charge in [-0.05, 0) is 56.5 Å². The summed E-state index contributed by atoms with van der Waals surface area (Å²) in [7, 11) is 1.69. The maximum Gasteiger partial charge on any atom is 0.251 e. The minimum absolute atomic E-state index is 0.0578. The topological polar surface area (TPSA) is 78.5 Å². The normalized spacial score (nSPS) is 12.9. The Morgan fingerprint density at radius 2 is 1.55 bits per heavy atom. The lowest BCUT2D eigenvalue weighted by molar-refractivity contribution is -0.129. The number of carbonyl (C=O) groups excluding carboxylic acids is 3. The molecule has 1 aliphatic rings. The number of amides is 3. The van der Waals surface area contributed by atoms with E-state index in [2.05, 4.69) is 10.6 Å². The predicted octanol–water partition coefficient (Wildman–Crippen LogP) is 2.58. The van der Waals surface area contributed by atoms with Crippen molar-refractivity contribution in [3.05, 3.63) is 70.3 Å². The monoisotopic (exact) mass is 393 g/mol. The Morgan fingerprint density at radius 1 is 0.931 bits per heavy atom. The van der Waals surface area contributed by atoms with Crippen LogP contribution in [-0.2, 0) is 11.3 Å². The molecular formula is C23H27N3O3. The average molecular weight is 393 g/mol. The van der Waals surface area contributed by atoms with Gasteiger partial charge in [-0.25, -0.2) is 0 Å². The molecule has 0 bridgehead atoms. The van der Waals surface area contributed by atoms with Gasteiger partial charge in [0, 0.05) is 30.8 Å². The number of carbonyl (C=O) groups is 3. The highest BCUT2D eigenvalue weighted by Crippen LogP contribution is 2.19. The maximum atomic E-state index is 12.4. The van der Waals surface area contributed by atoms with Crippen LogP contribution < -0.4 is 10.6 Å². The lowest BCUT2D eigenvalue weighted by Crippen LogP contribution is -2.37. The van der Waals surface area contributed by atoms with Gasteiger partial charge in [0.25, 0.3) is 11.8 Å². The van der Waals surface area contributed by atoms with E-state index in [9.17, 15) is 14.4 Å². The minimum Gasteiger partial charge on any atom is -0.349 e. The number of hydrogen-bond donors (Lipinski definition) is 2. The van der Waals surface area contributed by atoms with Gasteiger partial charge in [0.05, 0.1) is 6.54 Å². The summed E-state index contributed by atoms with van der Waals surface area (Å²) in [5.74, 6) is -0.500. The SMILES string of the molecule is Cc1cc(C)cc(C(=O)NCC(=O)N(C)Cc2ccc(C(=O)NC3CC3)cc2)c1. The van der Waals surface area contributed by atoms with Gasteiger partial charge in [0.2, 0.25) is 5.91 Å². The molecular weight excluding hydrogens is 366 g/mol. The van der Waals surface area contributed by atoms with E-state index in [0.717, 1.165) is 29.5 Å². The van der Waals surface area contributed by atoms with E-state index < -0.39 is 0 Å². The van der Waals surface area contributed by atoms with Crippen LogP contribution >= 0.6 is 0 Å². The van der Waals surface area contributed by atoms with E-state index in [1.807, 2.05) is 32.0 Å². The molecule has 6 heteroatoms. The van der Waals surface area contributed by atoms with Crippen molar-refractivity contribution >= 4 is 17.7 Å². The van der Waals surface area contributed by atoms with E-state index in [4.69, 9.17) is 0 Å². The molecule has 3 rings (SSSR count). The van der Waals surface area contributed by atoms with Gasteiger partial charge in [0.15, 0.2) is 0 Å². The number of nitrogens with one attached hydrogen (secondary N) is 2. The molecule has 1 saturated carbocycles. The predicted molar refractivity (Wildman–Crippen MR) is 112 cm³/mol. The summed E-state index contributed by atoms with van der Waals surface area (Å²) in [6, 6.07) is 13.2. The first-order valence-corrected chi connectivity index (χ1v) is 9.82. The number of likely N-dealkylation sites (N-methyl/N-ethyl adjacent to an activating group) is 1. The van der Waals surface area contributed by atoms with Crippen LogP contribution in [0.25, 0.3) is 0 Å². The fourth-order valence-corrected chi connectivity index (χ4v) is 3.12. The van der Waals surface area contributed by atoms with Crippen molar-refractivity contribution in [3.63, 3.8) is 0 Å². The van der Waals surface area contributed by atoms with Crippen molar-refractivity contribution in [1.82, 2.24) is 15.5 Å². The van der Waals surface area contributed by atoms with E-state index in [-0.39, 0.29) is 24.3 Å². The Kier molecular flexibility index (Phi) is 6.32. The molecule has 2 aromatic carbocycles. The highest BCUT2D eigenvalue weighted by atomic mass is 16.2. The summed E-state index contributed by atoms with van der Waals surface area (Å²) >= 11 is 0. The first kappa shape index (κ1) is 20.6. The zero-order chi connectivity index (χ0) is 21.0. The lowest BCUT2D eigenvalue weighted by atomic mass is 10.1. The largest absolute Gasteiger partial charge is 0.349 e. The number of hydrogen-bond acceptors (Lipinski definition) is 3. The minimum atomic E-state index is -0.260. The van der Waals surface area contributed by atoms with Crippen LogP contribution in [0.2, 0.25) is 0 Å². The first-order valence-electron chi connectivity index (χ1n) is 9.82. The Labute approximate surface area is 171 Å². The van der Waals surface area contributed by atoms with Crippen molar-refractivity contribution in [2.45, 2.75) is 39.3 Å². The van der Waals surface area contributed by atoms with Crippen LogP contribution in [0.5, 0.6) is 0 Å². The average Bonchev–Trinajstić information content (AvgIpc) is 3.49.